The van der Waals surface area contributed by atoms with Gasteiger partial charge >= 0.3 is 5.97 Å². The van der Waals surface area contributed by atoms with Crippen LogP contribution < -0.4 is 0 Å². The van der Waals surface area contributed by atoms with Crippen LogP contribution in [0.25, 0.3) is 0 Å². The normalized spacial score (nSPS) is 37.2. The number of hydrogen-bond donors (Lipinski definition) is 0. The molecule has 1 aromatic carbocycles. The van der Waals surface area contributed by atoms with Crippen molar-refractivity contribution in [2.24, 2.45) is 46.3 Å². The van der Waals surface area contributed by atoms with Gasteiger partial charge in [0.05, 0.1) is 15.6 Å². The molecule has 0 radical (unpaired) electrons. The Morgan fingerprint density at radius 3 is 2.58 bits per heavy atom. The Hall–Kier alpha value is -0.990. The minimum absolute atomic E-state index is 0.0789. The third-order valence-electron chi connectivity index (χ3n) is 11.7. The maximum Gasteiger partial charge on any atom is 0.339 e. The van der Waals surface area contributed by atoms with Crippen molar-refractivity contribution in [3.63, 3.8) is 0 Å². The van der Waals surface area contributed by atoms with E-state index in [0.29, 0.717) is 16.0 Å². The van der Waals surface area contributed by atoms with Crippen LogP contribution in [0.4, 0.5) is 0 Å². The minimum Gasteiger partial charge on any atom is -0.458 e. The highest BCUT2D eigenvalue weighted by Crippen LogP contribution is 2.67. The lowest BCUT2D eigenvalue weighted by Gasteiger charge is -2.58. The molecule has 0 spiro atoms. The van der Waals surface area contributed by atoms with Crippen molar-refractivity contribution in [3.05, 3.63) is 45.5 Å². The lowest BCUT2D eigenvalue weighted by Crippen LogP contribution is -2.51. The van der Waals surface area contributed by atoms with Crippen LogP contribution in [0.3, 0.4) is 0 Å². The van der Waals surface area contributed by atoms with Gasteiger partial charge in [-0.25, -0.2) is 4.79 Å². The quantitative estimate of drug-likeness (QED) is 0.245. The van der Waals surface area contributed by atoms with E-state index in [1.807, 2.05) is 0 Å². The summed E-state index contributed by atoms with van der Waals surface area (Å²) in [4.78, 5) is 12.9. The standard InChI is InChI=1S/C34H48Cl2O2/c1-21(2)8-6-9-22(3)27-14-15-28-25-13-12-23-20-24(38-32(37)26-10-7-11-30(35)31(26)36)16-18-33(23,4)29(25)17-19-34(27,28)5/h7,10-12,21-22,24-25,27-29H,6,8-9,13-20H2,1-5H3/t22?,24-,25-,27+,28-,29-,33-,34+/m0/s1. The maximum absolute atomic E-state index is 12.9. The number of carbonyl (C=O) groups is 1. The third kappa shape index (κ3) is 5.11. The molecule has 4 aliphatic carbocycles. The molecule has 0 amide bonds. The van der Waals surface area contributed by atoms with E-state index in [-0.39, 0.29) is 22.5 Å². The molecule has 8 atom stereocenters. The molecule has 0 N–H and O–H groups in total. The van der Waals surface area contributed by atoms with E-state index >= 15 is 0 Å². The number of hydrogen-bond acceptors (Lipinski definition) is 2. The number of fused-ring (bicyclic) bond motifs is 5. The van der Waals surface area contributed by atoms with Crippen LogP contribution in [-0.2, 0) is 4.74 Å². The number of ether oxygens (including phenoxy) is 1. The predicted molar refractivity (Wildman–Crippen MR) is 159 cm³/mol. The van der Waals surface area contributed by atoms with Gasteiger partial charge in [0.1, 0.15) is 6.10 Å². The van der Waals surface area contributed by atoms with Gasteiger partial charge in [0.25, 0.3) is 0 Å². The van der Waals surface area contributed by atoms with E-state index in [4.69, 9.17) is 27.9 Å². The van der Waals surface area contributed by atoms with Gasteiger partial charge < -0.3 is 4.74 Å². The third-order valence-corrected chi connectivity index (χ3v) is 12.5. The monoisotopic (exact) mass is 558 g/mol. The fourth-order valence-corrected chi connectivity index (χ4v) is 10.0. The SMILES string of the molecule is CC(C)CCCC(C)[C@H]1CC[C@H]2[C@@H]3CC=C4C[C@@H](OC(=O)c5cccc(Cl)c5Cl)CC[C@]4(C)[C@H]3CC[C@]12C. The second-order valence-corrected chi connectivity index (χ2v) is 14.9. The van der Waals surface area contributed by atoms with Gasteiger partial charge in [-0.05, 0) is 103 Å². The van der Waals surface area contributed by atoms with E-state index in [2.05, 4.69) is 40.7 Å². The first kappa shape index (κ1) is 28.5. The van der Waals surface area contributed by atoms with Crippen LogP contribution in [0.5, 0.6) is 0 Å². The lowest BCUT2D eigenvalue weighted by molar-refractivity contribution is -0.0594. The second kappa shape index (κ2) is 11.1. The zero-order valence-corrected chi connectivity index (χ0v) is 25.7. The van der Waals surface area contributed by atoms with E-state index in [1.54, 1.807) is 23.8 Å². The average Bonchev–Trinajstić information content (AvgIpc) is 3.23. The highest BCUT2D eigenvalue weighted by molar-refractivity contribution is 6.43. The molecule has 4 heteroatoms. The highest BCUT2D eigenvalue weighted by Gasteiger charge is 2.59. The van der Waals surface area contributed by atoms with Gasteiger partial charge in [0.2, 0.25) is 0 Å². The van der Waals surface area contributed by atoms with Gasteiger partial charge in [-0.1, -0.05) is 94.8 Å². The largest absolute Gasteiger partial charge is 0.458 e. The Morgan fingerprint density at radius 2 is 1.82 bits per heavy atom. The van der Waals surface area contributed by atoms with Crippen LogP contribution in [0.1, 0.15) is 116 Å². The van der Waals surface area contributed by atoms with E-state index in [9.17, 15) is 4.79 Å². The van der Waals surface area contributed by atoms with E-state index in [1.165, 1.54) is 51.4 Å². The zero-order valence-electron chi connectivity index (χ0n) is 24.2. The number of halogens is 2. The van der Waals surface area contributed by atoms with E-state index < -0.39 is 0 Å². The summed E-state index contributed by atoms with van der Waals surface area (Å²) in [7, 11) is 0. The summed E-state index contributed by atoms with van der Waals surface area (Å²) < 4.78 is 5.99. The Balaban J connectivity index is 1.26. The molecule has 3 saturated carbocycles. The van der Waals surface area contributed by atoms with Gasteiger partial charge in [-0.3, -0.25) is 0 Å². The Labute approximate surface area is 241 Å². The lowest BCUT2D eigenvalue weighted by atomic mass is 9.47. The predicted octanol–water partition coefficient (Wildman–Crippen LogP) is 10.6. The van der Waals surface area contributed by atoms with Gasteiger partial charge in [0.15, 0.2) is 0 Å². The summed E-state index contributed by atoms with van der Waals surface area (Å²) in [5.41, 5.74) is 2.68. The molecule has 210 valence electrons. The first-order valence-corrected chi connectivity index (χ1v) is 16.1. The number of carbonyl (C=O) groups excluding carboxylic acids is 1. The van der Waals surface area contributed by atoms with Crippen LogP contribution in [-0.4, -0.2) is 12.1 Å². The van der Waals surface area contributed by atoms with Crippen molar-refractivity contribution >= 4 is 29.2 Å². The number of rotatable bonds is 7. The first-order chi connectivity index (χ1) is 18.0. The van der Waals surface area contributed by atoms with Crippen LogP contribution in [0, 0.1) is 46.3 Å². The van der Waals surface area contributed by atoms with Gasteiger partial charge in [-0.15, -0.1) is 0 Å². The molecule has 0 heterocycles. The second-order valence-electron chi connectivity index (χ2n) is 14.2. The zero-order chi connectivity index (χ0) is 27.2. The van der Waals surface area contributed by atoms with Crippen LogP contribution in [0.15, 0.2) is 29.8 Å². The molecule has 0 bridgehead atoms. The smallest absolute Gasteiger partial charge is 0.339 e. The van der Waals surface area contributed by atoms with Crippen LogP contribution in [0.2, 0.25) is 10.0 Å². The van der Waals surface area contributed by atoms with Gasteiger partial charge in [0, 0.05) is 6.42 Å². The van der Waals surface area contributed by atoms with E-state index in [0.717, 1.165) is 54.8 Å². The molecule has 4 aliphatic rings. The van der Waals surface area contributed by atoms with Gasteiger partial charge in [-0.2, -0.15) is 0 Å². The van der Waals surface area contributed by atoms with Crippen molar-refractivity contribution in [2.45, 2.75) is 111 Å². The average molecular weight is 560 g/mol. The molecule has 5 rings (SSSR count). The number of esters is 1. The molecule has 2 nitrogen and oxygen atoms in total. The summed E-state index contributed by atoms with van der Waals surface area (Å²) in [5.74, 6) is 4.68. The first-order valence-electron chi connectivity index (χ1n) is 15.4. The number of allylic oxidation sites excluding steroid dienone is 1. The highest BCUT2D eigenvalue weighted by atomic mass is 35.5. The topological polar surface area (TPSA) is 26.3 Å². The number of benzene rings is 1. The van der Waals surface area contributed by atoms with Crippen molar-refractivity contribution in [1.82, 2.24) is 0 Å². The molecule has 0 saturated heterocycles. The summed E-state index contributed by atoms with van der Waals surface area (Å²) in [6.07, 6.45) is 16.4. The molecule has 0 aliphatic heterocycles. The fraction of sp³-hybridized carbons (Fsp3) is 0.735. The molecule has 0 aromatic heterocycles. The van der Waals surface area contributed by atoms with Crippen LogP contribution >= 0.6 is 23.2 Å². The van der Waals surface area contributed by atoms with Crippen molar-refractivity contribution in [2.75, 3.05) is 0 Å². The Morgan fingerprint density at radius 1 is 1.03 bits per heavy atom. The minimum atomic E-state index is -0.353. The Bertz CT molecular complexity index is 1060. The van der Waals surface area contributed by atoms with Crippen molar-refractivity contribution < 1.29 is 9.53 Å². The van der Waals surface area contributed by atoms with Crippen molar-refractivity contribution in [1.29, 1.82) is 0 Å². The summed E-state index contributed by atoms with van der Waals surface area (Å²) in [6.45, 7) is 12.5. The molecule has 38 heavy (non-hydrogen) atoms. The molecular formula is C34H48Cl2O2. The fourth-order valence-electron chi connectivity index (χ4n) is 9.63. The Kier molecular flexibility index (Phi) is 8.35. The summed E-state index contributed by atoms with van der Waals surface area (Å²) in [6, 6.07) is 5.15. The summed E-state index contributed by atoms with van der Waals surface area (Å²) in [5, 5.41) is 0.677. The molecule has 3 fully saturated rings. The molecular weight excluding hydrogens is 511 g/mol. The van der Waals surface area contributed by atoms with Crippen molar-refractivity contribution in [3.8, 4) is 0 Å². The maximum atomic E-state index is 12.9. The molecule has 1 unspecified atom stereocenters. The summed E-state index contributed by atoms with van der Waals surface area (Å²) >= 11 is 12.4. The molecule has 1 aromatic rings.